The van der Waals surface area contributed by atoms with Crippen molar-refractivity contribution >= 4 is 40.2 Å². The van der Waals surface area contributed by atoms with E-state index in [1.54, 1.807) is 49.5 Å². The number of aromatic nitrogens is 1. The molecule has 2 aliphatic rings. The molecule has 1 aromatic heterocycles. The molecule has 1 aliphatic heterocycles. The third-order valence-corrected chi connectivity index (χ3v) is 9.06. The molecule has 0 unspecified atom stereocenters. The number of ether oxygens (including phenoxy) is 2. The van der Waals surface area contributed by atoms with E-state index in [0.29, 0.717) is 36.4 Å². The summed E-state index contributed by atoms with van der Waals surface area (Å²) in [6.45, 7) is -0.258. The van der Waals surface area contributed by atoms with Crippen LogP contribution < -0.4 is 14.8 Å². The fourth-order valence-corrected chi connectivity index (χ4v) is 6.64. The zero-order valence-corrected chi connectivity index (χ0v) is 25.7. The van der Waals surface area contributed by atoms with Crippen molar-refractivity contribution in [3.05, 3.63) is 89.6 Å². The smallest absolute Gasteiger partial charge is 0.262 e. The van der Waals surface area contributed by atoms with Gasteiger partial charge < -0.3 is 24.3 Å². The van der Waals surface area contributed by atoms with Crippen molar-refractivity contribution in [2.45, 2.75) is 37.6 Å². The van der Waals surface area contributed by atoms with Gasteiger partial charge in [0, 0.05) is 36.4 Å². The van der Waals surface area contributed by atoms with Gasteiger partial charge in [-0.15, -0.1) is 0 Å². The highest BCUT2D eigenvalue weighted by atomic mass is 16.5. The Morgan fingerprint density at radius 3 is 2.24 bits per heavy atom. The number of carbonyl (C=O) groups is 4. The molecule has 3 aromatic carbocycles. The molecule has 1 fully saturated rings. The van der Waals surface area contributed by atoms with Crippen molar-refractivity contribution in [2.75, 3.05) is 32.6 Å². The number of aryl methyl sites for hydroxylation is 1. The second kappa shape index (κ2) is 12.1. The maximum atomic E-state index is 14.3. The molecule has 0 atom stereocenters. The first kappa shape index (κ1) is 29.9. The molecule has 0 radical (unpaired) electrons. The van der Waals surface area contributed by atoms with Gasteiger partial charge in [0.1, 0.15) is 12.1 Å². The van der Waals surface area contributed by atoms with Crippen LogP contribution in [0.15, 0.2) is 72.9 Å². The quantitative estimate of drug-likeness (QED) is 0.259. The molecule has 1 saturated carbocycles. The highest BCUT2D eigenvalue weighted by Gasteiger charge is 2.49. The Balaban J connectivity index is 1.31. The zero-order chi connectivity index (χ0) is 31.7. The van der Waals surface area contributed by atoms with Gasteiger partial charge in [-0.25, -0.2) is 0 Å². The van der Waals surface area contributed by atoms with Crippen molar-refractivity contribution in [3.63, 3.8) is 0 Å². The summed E-state index contributed by atoms with van der Waals surface area (Å²) in [7, 11) is 5.09. The minimum atomic E-state index is -1.15. The molecular weight excluding hydrogens is 572 g/mol. The van der Waals surface area contributed by atoms with Crippen molar-refractivity contribution < 1.29 is 28.7 Å². The predicted molar refractivity (Wildman–Crippen MR) is 170 cm³/mol. The normalized spacial score (nSPS) is 15.3. The minimum Gasteiger partial charge on any atom is -0.493 e. The summed E-state index contributed by atoms with van der Waals surface area (Å²) in [6, 6.07) is 19.8. The molecule has 0 bridgehead atoms. The van der Waals surface area contributed by atoms with Crippen LogP contribution in [0.3, 0.4) is 0 Å². The van der Waals surface area contributed by atoms with Gasteiger partial charge in [0.05, 0.1) is 25.3 Å². The van der Waals surface area contributed by atoms with Crippen molar-refractivity contribution in [2.24, 2.45) is 7.05 Å². The van der Waals surface area contributed by atoms with Gasteiger partial charge in [-0.3, -0.25) is 24.1 Å². The molecule has 10 nitrogen and oxygen atoms in total. The first-order valence-electron chi connectivity index (χ1n) is 15.1. The number of nitrogens with zero attached hydrogens (tertiary/aromatic N) is 3. The second-order valence-corrected chi connectivity index (χ2v) is 11.6. The molecule has 4 amide bonds. The van der Waals surface area contributed by atoms with Crippen LogP contribution in [0.1, 0.15) is 52.0 Å². The van der Waals surface area contributed by atoms with E-state index in [1.807, 2.05) is 54.2 Å². The molecule has 0 spiro atoms. The fraction of sp³-hybridized carbons (Fsp3) is 0.314. The van der Waals surface area contributed by atoms with Gasteiger partial charge >= 0.3 is 0 Å². The highest BCUT2D eigenvalue weighted by molar-refractivity contribution is 6.22. The van der Waals surface area contributed by atoms with Crippen molar-refractivity contribution in [1.29, 1.82) is 0 Å². The summed E-state index contributed by atoms with van der Waals surface area (Å²) in [5.41, 5.74) is 1.95. The van der Waals surface area contributed by atoms with Crippen LogP contribution in [-0.4, -0.2) is 70.8 Å². The zero-order valence-electron chi connectivity index (χ0n) is 25.7. The van der Waals surface area contributed by atoms with Crippen LogP contribution in [0.5, 0.6) is 11.5 Å². The average molecular weight is 609 g/mol. The molecule has 45 heavy (non-hydrogen) atoms. The van der Waals surface area contributed by atoms with Gasteiger partial charge in [-0.1, -0.05) is 31.0 Å². The Kier molecular flexibility index (Phi) is 8.05. The number of methoxy groups -OCH3 is 2. The minimum absolute atomic E-state index is 0.197. The lowest BCUT2D eigenvalue weighted by atomic mass is 9.92. The molecule has 1 N–H and O–H groups in total. The SMILES string of the molecule is COc1ccc(CCN(C(=O)CN2C(=O)c3ccccc3C2=O)C2(C(=O)Nc3ccc4c(ccn4C)c3)CCCC2)cc1OC. The maximum Gasteiger partial charge on any atom is 0.262 e. The highest BCUT2D eigenvalue weighted by Crippen LogP contribution is 2.38. The summed E-state index contributed by atoms with van der Waals surface area (Å²) in [5.74, 6) is -0.612. The molecule has 2 heterocycles. The molecular formula is C35H36N4O6. The lowest BCUT2D eigenvalue weighted by Gasteiger charge is -2.41. The topological polar surface area (TPSA) is 110 Å². The number of nitrogens with one attached hydrogen (secondary N) is 1. The maximum absolute atomic E-state index is 14.3. The monoisotopic (exact) mass is 608 g/mol. The Morgan fingerprint density at radius 2 is 1.58 bits per heavy atom. The molecule has 1 aliphatic carbocycles. The van der Waals surface area contributed by atoms with Gasteiger partial charge in [-0.05, 0) is 73.4 Å². The number of fused-ring (bicyclic) bond motifs is 2. The summed E-state index contributed by atoms with van der Waals surface area (Å²) in [4.78, 5) is 57.5. The third-order valence-electron chi connectivity index (χ3n) is 9.06. The van der Waals surface area contributed by atoms with Crippen LogP contribution in [0, 0.1) is 0 Å². The number of hydrogen-bond donors (Lipinski definition) is 1. The van der Waals surface area contributed by atoms with E-state index in [1.165, 1.54) is 0 Å². The third kappa shape index (κ3) is 5.41. The molecule has 0 saturated heterocycles. The van der Waals surface area contributed by atoms with E-state index < -0.39 is 29.8 Å². The van der Waals surface area contributed by atoms with Crippen molar-refractivity contribution in [3.8, 4) is 11.5 Å². The predicted octanol–water partition coefficient (Wildman–Crippen LogP) is 4.81. The number of carbonyl (C=O) groups excluding carboxylic acids is 4. The van der Waals surface area contributed by atoms with E-state index >= 15 is 0 Å². The van der Waals surface area contributed by atoms with Crippen LogP contribution in [0.2, 0.25) is 0 Å². The number of rotatable bonds is 10. The Morgan fingerprint density at radius 1 is 0.889 bits per heavy atom. The van der Waals surface area contributed by atoms with E-state index in [2.05, 4.69) is 5.32 Å². The lowest BCUT2D eigenvalue weighted by molar-refractivity contribution is -0.145. The number of benzene rings is 3. The summed E-state index contributed by atoms with van der Waals surface area (Å²) < 4.78 is 12.9. The fourth-order valence-electron chi connectivity index (χ4n) is 6.64. The van der Waals surface area contributed by atoms with Gasteiger partial charge in [0.25, 0.3) is 11.8 Å². The van der Waals surface area contributed by atoms with Gasteiger partial charge in [0.2, 0.25) is 11.8 Å². The Hall–Kier alpha value is -5.12. The first-order valence-corrected chi connectivity index (χ1v) is 15.1. The number of anilines is 1. The van der Waals surface area contributed by atoms with E-state index in [4.69, 9.17) is 9.47 Å². The van der Waals surface area contributed by atoms with Crippen LogP contribution in [0.25, 0.3) is 10.9 Å². The number of amides is 4. The molecule has 6 rings (SSSR count). The molecule has 232 valence electrons. The van der Waals surface area contributed by atoms with E-state index in [-0.39, 0.29) is 23.6 Å². The molecule has 10 heteroatoms. The lowest BCUT2D eigenvalue weighted by Crippen LogP contribution is -2.60. The first-order chi connectivity index (χ1) is 21.8. The molecule has 4 aromatic rings. The van der Waals surface area contributed by atoms with E-state index in [0.717, 1.165) is 34.2 Å². The van der Waals surface area contributed by atoms with Crippen molar-refractivity contribution in [1.82, 2.24) is 14.4 Å². The van der Waals surface area contributed by atoms with Crippen LogP contribution >= 0.6 is 0 Å². The van der Waals surface area contributed by atoms with Crippen LogP contribution in [-0.2, 0) is 23.1 Å². The Bertz CT molecular complexity index is 1770. The Labute approximate surface area is 261 Å². The van der Waals surface area contributed by atoms with Gasteiger partial charge in [-0.2, -0.15) is 0 Å². The standard InChI is InChI=1S/C35H36N4O6/c1-37-18-15-24-21-25(11-12-28(24)37)36-34(43)35(16-6-7-17-35)39(19-14-23-10-13-29(44-2)30(20-23)45-3)31(40)22-38-32(41)26-8-4-5-9-27(26)33(38)42/h4-5,8-13,15,18,20-21H,6-7,14,16-17,19,22H2,1-3H3,(H,36,43). The number of hydrogen-bond acceptors (Lipinski definition) is 6. The summed E-state index contributed by atoms with van der Waals surface area (Å²) in [6.07, 6.45) is 4.83. The summed E-state index contributed by atoms with van der Waals surface area (Å²) in [5, 5.41) is 4.08. The summed E-state index contributed by atoms with van der Waals surface area (Å²) >= 11 is 0. The largest absolute Gasteiger partial charge is 0.493 e. The number of imide groups is 1. The van der Waals surface area contributed by atoms with Crippen LogP contribution in [0.4, 0.5) is 5.69 Å². The van der Waals surface area contributed by atoms with Gasteiger partial charge in [0.15, 0.2) is 11.5 Å². The second-order valence-electron chi connectivity index (χ2n) is 11.6. The van der Waals surface area contributed by atoms with E-state index in [9.17, 15) is 19.2 Å². The average Bonchev–Trinajstić information content (AvgIpc) is 3.75.